The second-order valence-corrected chi connectivity index (χ2v) is 4.75. The molecule has 0 atom stereocenters. The third-order valence-electron chi connectivity index (χ3n) is 2.47. The van der Waals surface area contributed by atoms with Crippen molar-refractivity contribution >= 4 is 17.6 Å². The smallest absolute Gasteiger partial charge is 0.307 e. The molecule has 0 radical (unpaired) electrons. The number of rotatable bonds is 4. The van der Waals surface area contributed by atoms with Crippen LogP contribution in [0.3, 0.4) is 0 Å². The molecule has 0 aliphatic carbocycles. The Morgan fingerprint density at radius 3 is 2.53 bits per heavy atom. The van der Waals surface area contributed by atoms with Crippen molar-refractivity contribution < 1.29 is 14.6 Å². The van der Waals surface area contributed by atoms with Crippen LogP contribution >= 0.6 is 11.6 Å². The summed E-state index contributed by atoms with van der Waals surface area (Å²) >= 11 is 6.06. The summed E-state index contributed by atoms with van der Waals surface area (Å²) in [4.78, 5) is 10.9. The van der Waals surface area contributed by atoms with Crippen molar-refractivity contribution in [1.29, 1.82) is 0 Å². The highest BCUT2D eigenvalue weighted by Gasteiger charge is 2.17. The Balaban J connectivity index is 3.33. The van der Waals surface area contributed by atoms with Crippen LogP contribution in [0.4, 0.5) is 0 Å². The minimum Gasteiger partial charge on any atom is -0.490 e. The summed E-state index contributed by atoms with van der Waals surface area (Å²) in [5, 5.41) is 9.51. The van der Waals surface area contributed by atoms with Gasteiger partial charge in [0.25, 0.3) is 0 Å². The largest absolute Gasteiger partial charge is 0.490 e. The standard InChI is InChI=1S/C13H17ClO3/c1-7(2)17-13-8(3)5-11(14)9(4)10(13)6-12(15)16/h5,7H,6H2,1-4H3,(H,15,16). The molecule has 3 nitrogen and oxygen atoms in total. The molecule has 1 aromatic carbocycles. The summed E-state index contributed by atoms with van der Waals surface area (Å²) in [6, 6.07) is 1.81. The predicted molar refractivity (Wildman–Crippen MR) is 68.0 cm³/mol. The van der Waals surface area contributed by atoms with Crippen LogP contribution in [-0.4, -0.2) is 17.2 Å². The Labute approximate surface area is 106 Å². The molecule has 0 saturated heterocycles. The van der Waals surface area contributed by atoms with Crippen LogP contribution < -0.4 is 4.74 Å². The number of benzene rings is 1. The first kappa shape index (κ1) is 13.8. The van der Waals surface area contributed by atoms with E-state index in [1.54, 1.807) is 6.07 Å². The zero-order valence-corrected chi connectivity index (χ0v) is 11.3. The fourth-order valence-electron chi connectivity index (χ4n) is 1.68. The second kappa shape index (κ2) is 5.41. The molecule has 1 rings (SSSR count). The van der Waals surface area contributed by atoms with Gasteiger partial charge >= 0.3 is 5.97 Å². The van der Waals surface area contributed by atoms with Crippen LogP contribution in [-0.2, 0) is 11.2 Å². The van der Waals surface area contributed by atoms with Crippen LogP contribution in [0, 0.1) is 13.8 Å². The summed E-state index contributed by atoms with van der Waals surface area (Å²) in [5.74, 6) is -0.243. The maximum Gasteiger partial charge on any atom is 0.307 e. The molecule has 0 fully saturated rings. The molecule has 4 heteroatoms. The molecular weight excluding hydrogens is 240 g/mol. The van der Waals surface area contributed by atoms with E-state index in [4.69, 9.17) is 21.4 Å². The molecule has 0 unspecified atom stereocenters. The molecular formula is C13H17ClO3. The van der Waals surface area contributed by atoms with E-state index < -0.39 is 5.97 Å². The molecule has 0 aromatic heterocycles. The lowest BCUT2D eigenvalue weighted by Crippen LogP contribution is -2.12. The highest BCUT2D eigenvalue weighted by Crippen LogP contribution is 2.33. The second-order valence-electron chi connectivity index (χ2n) is 4.35. The van der Waals surface area contributed by atoms with Gasteiger partial charge in [0.2, 0.25) is 0 Å². The molecule has 0 amide bonds. The van der Waals surface area contributed by atoms with Crippen molar-refractivity contribution in [2.75, 3.05) is 0 Å². The number of carboxylic acids is 1. The topological polar surface area (TPSA) is 46.5 Å². The first-order valence-electron chi connectivity index (χ1n) is 5.50. The number of hydrogen-bond donors (Lipinski definition) is 1. The monoisotopic (exact) mass is 256 g/mol. The predicted octanol–water partition coefficient (Wildman–Crippen LogP) is 3.37. The minimum atomic E-state index is -0.886. The van der Waals surface area contributed by atoms with E-state index in [0.29, 0.717) is 16.3 Å². The van der Waals surface area contributed by atoms with Crippen LogP contribution in [0.2, 0.25) is 5.02 Å². The fraction of sp³-hybridized carbons (Fsp3) is 0.462. The zero-order chi connectivity index (χ0) is 13.2. The third kappa shape index (κ3) is 3.37. The maximum atomic E-state index is 10.9. The van der Waals surface area contributed by atoms with Gasteiger partial charge in [0, 0.05) is 10.6 Å². The summed E-state index contributed by atoms with van der Waals surface area (Å²) in [6.45, 7) is 7.50. The lowest BCUT2D eigenvalue weighted by atomic mass is 10.0. The number of carboxylic acid groups (broad SMARTS) is 1. The first-order chi connectivity index (χ1) is 7.82. The molecule has 1 N–H and O–H groups in total. The maximum absolute atomic E-state index is 10.9. The van der Waals surface area contributed by atoms with Gasteiger partial charge in [-0.15, -0.1) is 0 Å². The van der Waals surface area contributed by atoms with Gasteiger partial charge in [0.15, 0.2) is 0 Å². The number of halogens is 1. The van der Waals surface area contributed by atoms with E-state index in [1.807, 2.05) is 27.7 Å². The SMILES string of the molecule is Cc1cc(Cl)c(C)c(CC(=O)O)c1OC(C)C. The van der Waals surface area contributed by atoms with E-state index in [0.717, 1.165) is 11.1 Å². The third-order valence-corrected chi connectivity index (χ3v) is 2.86. The molecule has 0 spiro atoms. The Morgan fingerprint density at radius 1 is 1.47 bits per heavy atom. The van der Waals surface area contributed by atoms with Crippen LogP contribution in [0.1, 0.15) is 30.5 Å². The number of hydrogen-bond acceptors (Lipinski definition) is 2. The highest BCUT2D eigenvalue weighted by atomic mass is 35.5. The normalized spacial score (nSPS) is 10.7. The summed E-state index contributed by atoms with van der Waals surface area (Å²) < 4.78 is 5.69. The van der Waals surface area contributed by atoms with Crippen molar-refractivity contribution in [2.45, 2.75) is 40.2 Å². The number of carbonyl (C=O) groups is 1. The van der Waals surface area contributed by atoms with E-state index in [2.05, 4.69) is 0 Å². The van der Waals surface area contributed by atoms with Gasteiger partial charge in [-0.25, -0.2) is 0 Å². The molecule has 94 valence electrons. The molecule has 0 heterocycles. The van der Waals surface area contributed by atoms with Gasteiger partial charge in [-0.05, 0) is 44.9 Å². The summed E-state index contributed by atoms with van der Waals surface area (Å²) in [5.41, 5.74) is 2.30. The molecule has 0 aliphatic rings. The van der Waals surface area contributed by atoms with Crippen molar-refractivity contribution in [3.63, 3.8) is 0 Å². The van der Waals surface area contributed by atoms with Gasteiger partial charge in [-0.3, -0.25) is 4.79 Å². The lowest BCUT2D eigenvalue weighted by Gasteiger charge is -2.18. The van der Waals surface area contributed by atoms with Gasteiger partial charge in [0.1, 0.15) is 5.75 Å². The van der Waals surface area contributed by atoms with Crippen LogP contribution in [0.5, 0.6) is 5.75 Å². The summed E-state index contributed by atoms with van der Waals surface area (Å²) in [6.07, 6.45) is -0.0724. The molecule has 0 saturated carbocycles. The van der Waals surface area contributed by atoms with Gasteiger partial charge in [-0.2, -0.15) is 0 Å². The average molecular weight is 257 g/mol. The Hall–Kier alpha value is -1.22. The van der Waals surface area contributed by atoms with E-state index in [-0.39, 0.29) is 12.5 Å². The lowest BCUT2D eigenvalue weighted by molar-refractivity contribution is -0.136. The molecule has 0 bridgehead atoms. The van der Waals surface area contributed by atoms with Crippen molar-refractivity contribution in [3.05, 3.63) is 27.8 Å². The summed E-state index contributed by atoms with van der Waals surface area (Å²) in [7, 11) is 0. The highest BCUT2D eigenvalue weighted by molar-refractivity contribution is 6.31. The van der Waals surface area contributed by atoms with Crippen LogP contribution in [0.25, 0.3) is 0 Å². The van der Waals surface area contributed by atoms with Gasteiger partial charge in [-0.1, -0.05) is 11.6 Å². The zero-order valence-electron chi connectivity index (χ0n) is 10.5. The quantitative estimate of drug-likeness (QED) is 0.898. The fourth-order valence-corrected chi connectivity index (χ4v) is 1.96. The Kier molecular flexibility index (Phi) is 4.40. The van der Waals surface area contributed by atoms with Crippen LogP contribution in [0.15, 0.2) is 6.07 Å². The number of aliphatic carboxylic acids is 1. The van der Waals surface area contributed by atoms with E-state index in [9.17, 15) is 4.79 Å². The first-order valence-corrected chi connectivity index (χ1v) is 5.87. The van der Waals surface area contributed by atoms with E-state index >= 15 is 0 Å². The van der Waals surface area contributed by atoms with Gasteiger partial charge < -0.3 is 9.84 Å². The Bertz CT molecular complexity index is 439. The average Bonchev–Trinajstić information content (AvgIpc) is 2.19. The van der Waals surface area contributed by atoms with Crippen molar-refractivity contribution in [3.8, 4) is 5.75 Å². The number of ether oxygens (including phenoxy) is 1. The van der Waals surface area contributed by atoms with Crippen molar-refractivity contribution in [1.82, 2.24) is 0 Å². The molecule has 17 heavy (non-hydrogen) atoms. The minimum absolute atomic E-state index is 0.00169. The van der Waals surface area contributed by atoms with E-state index in [1.165, 1.54) is 0 Å². The van der Waals surface area contributed by atoms with Crippen molar-refractivity contribution in [2.24, 2.45) is 0 Å². The molecule has 1 aromatic rings. The Morgan fingerprint density at radius 2 is 2.06 bits per heavy atom. The van der Waals surface area contributed by atoms with Gasteiger partial charge in [0.05, 0.1) is 12.5 Å². The number of aryl methyl sites for hydroxylation is 1. The molecule has 0 aliphatic heterocycles.